The van der Waals surface area contributed by atoms with E-state index in [1.54, 1.807) is 6.08 Å². The van der Waals surface area contributed by atoms with Gasteiger partial charge in [0.05, 0.1) is 0 Å². The fraction of sp³-hybridized carbons (Fsp3) is 0.250. The molecular weight excluding hydrogens is 92.1 g/mol. The van der Waals surface area contributed by atoms with Crippen molar-refractivity contribution in [3.05, 3.63) is 12.7 Å². The van der Waals surface area contributed by atoms with Crippen molar-refractivity contribution in [1.82, 2.24) is 0 Å². The van der Waals surface area contributed by atoms with Gasteiger partial charge in [0.15, 0.2) is 0 Å². The van der Waals surface area contributed by atoms with E-state index in [-0.39, 0.29) is 5.84 Å². The summed E-state index contributed by atoms with van der Waals surface area (Å²) in [5.41, 5.74) is 5.01. The van der Waals surface area contributed by atoms with E-state index in [1.807, 2.05) is 0 Å². The molecule has 3 nitrogen and oxygen atoms in total. The zero-order valence-corrected chi connectivity index (χ0v) is 3.96. The van der Waals surface area contributed by atoms with Crippen molar-refractivity contribution >= 4 is 5.84 Å². The fourth-order valence-electron chi connectivity index (χ4n) is 0.189. The van der Waals surface area contributed by atoms with E-state index >= 15 is 0 Å². The second-order valence-electron chi connectivity index (χ2n) is 1.08. The number of oxime groups is 1. The van der Waals surface area contributed by atoms with Gasteiger partial charge in [0, 0.05) is 6.42 Å². The highest BCUT2D eigenvalue weighted by molar-refractivity contribution is 5.80. The maximum absolute atomic E-state index is 7.88. The molecule has 0 atom stereocenters. The zero-order chi connectivity index (χ0) is 5.70. The largest absolute Gasteiger partial charge is 0.409 e. The summed E-state index contributed by atoms with van der Waals surface area (Å²) < 4.78 is 0. The lowest BCUT2D eigenvalue weighted by Gasteiger charge is -1.84. The van der Waals surface area contributed by atoms with Gasteiger partial charge in [-0.05, 0) is 0 Å². The van der Waals surface area contributed by atoms with Gasteiger partial charge in [-0.2, -0.15) is 0 Å². The Morgan fingerprint density at radius 2 is 2.57 bits per heavy atom. The van der Waals surface area contributed by atoms with Gasteiger partial charge in [-0.25, -0.2) is 0 Å². The molecule has 0 radical (unpaired) electrons. The van der Waals surface area contributed by atoms with Crippen LogP contribution in [0.4, 0.5) is 0 Å². The average Bonchev–Trinajstić information content (AvgIpc) is 1.68. The zero-order valence-electron chi connectivity index (χ0n) is 3.96. The van der Waals surface area contributed by atoms with Gasteiger partial charge < -0.3 is 10.9 Å². The first-order valence-electron chi connectivity index (χ1n) is 1.88. The van der Waals surface area contributed by atoms with E-state index in [0.717, 1.165) is 0 Å². The van der Waals surface area contributed by atoms with Crippen LogP contribution in [-0.4, -0.2) is 11.0 Å². The molecule has 0 aliphatic heterocycles. The summed E-state index contributed by atoms with van der Waals surface area (Å²) in [5.74, 6) is 0.190. The van der Waals surface area contributed by atoms with Gasteiger partial charge in [0.2, 0.25) is 0 Å². The van der Waals surface area contributed by atoms with Gasteiger partial charge in [-0.3, -0.25) is 0 Å². The minimum Gasteiger partial charge on any atom is -0.409 e. The molecule has 3 heteroatoms. The normalized spacial score (nSPS) is 11.1. The molecule has 0 saturated carbocycles. The predicted molar refractivity (Wildman–Crippen MR) is 28.2 cm³/mol. The first-order valence-corrected chi connectivity index (χ1v) is 1.88. The molecule has 0 rings (SSSR count). The standard InChI is InChI=1S/C4H8N2O/c1-2-3-4(5)6-7/h2,7H,1,3H2,(H2,5,6). The van der Waals surface area contributed by atoms with Crippen LogP contribution in [0, 0.1) is 0 Å². The molecule has 0 bridgehead atoms. The van der Waals surface area contributed by atoms with Gasteiger partial charge in [-0.15, -0.1) is 6.58 Å². The molecular formula is C4H8N2O. The fourth-order valence-corrected chi connectivity index (χ4v) is 0.189. The number of nitrogens with two attached hydrogens (primary N) is 1. The lowest BCUT2D eigenvalue weighted by Crippen LogP contribution is -2.08. The van der Waals surface area contributed by atoms with Gasteiger partial charge >= 0.3 is 0 Å². The van der Waals surface area contributed by atoms with Crippen molar-refractivity contribution in [3.8, 4) is 0 Å². The summed E-state index contributed by atoms with van der Waals surface area (Å²) in [6.45, 7) is 3.38. The molecule has 0 aliphatic carbocycles. The predicted octanol–water partition coefficient (Wildman–Crippen LogP) is 0.309. The highest BCUT2D eigenvalue weighted by Crippen LogP contribution is 1.75. The number of amidine groups is 1. The maximum atomic E-state index is 7.88. The van der Waals surface area contributed by atoms with Crippen LogP contribution in [0.2, 0.25) is 0 Å². The van der Waals surface area contributed by atoms with Crippen molar-refractivity contribution in [1.29, 1.82) is 0 Å². The Bertz CT molecular complexity index is 87.7. The molecule has 0 aromatic carbocycles. The van der Waals surface area contributed by atoms with Crippen LogP contribution >= 0.6 is 0 Å². The Labute approximate surface area is 42.1 Å². The lowest BCUT2D eigenvalue weighted by molar-refractivity contribution is 0.317. The Balaban J connectivity index is 3.36. The summed E-state index contributed by atoms with van der Waals surface area (Å²) in [7, 11) is 0. The average molecular weight is 100 g/mol. The summed E-state index contributed by atoms with van der Waals surface area (Å²) >= 11 is 0. The smallest absolute Gasteiger partial charge is 0.142 e. The minimum absolute atomic E-state index is 0.190. The third-order valence-electron chi connectivity index (χ3n) is 0.482. The maximum Gasteiger partial charge on any atom is 0.142 e. The summed E-state index contributed by atoms with van der Waals surface area (Å²) in [6.07, 6.45) is 2.01. The topological polar surface area (TPSA) is 58.6 Å². The van der Waals surface area contributed by atoms with E-state index in [0.29, 0.717) is 6.42 Å². The Morgan fingerprint density at radius 1 is 2.00 bits per heavy atom. The Kier molecular flexibility index (Phi) is 2.76. The lowest BCUT2D eigenvalue weighted by atomic mass is 10.4. The van der Waals surface area contributed by atoms with Crippen molar-refractivity contribution in [2.45, 2.75) is 6.42 Å². The van der Waals surface area contributed by atoms with Crippen molar-refractivity contribution < 1.29 is 5.21 Å². The van der Waals surface area contributed by atoms with Gasteiger partial charge in [-0.1, -0.05) is 11.2 Å². The van der Waals surface area contributed by atoms with Crippen molar-refractivity contribution in [3.63, 3.8) is 0 Å². The van der Waals surface area contributed by atoms with E-state index in [1.165, 1.54) is 0 Å². The van der Waals surface area contributed by atoms with Crippen LogP contribution in [0.5, 0.6) is 0 Å². The second kappa shape index (κ2) is 3.21. The summed E-state index contributed by atoms with van der Waals surface area (Å²) in [6, 6.07) is 0. The molecule has 0 amide bonds. The van der Waals surface area contributed by atoms with Crippen LogP contribution < -0.4 is 5.73 Å². The van der Waals surface area contributed by atoms with E-state index < -0.39 is 0 Å². The first-order chi connectivity index (χ1) is 3.31. The quantitative estimate of drug-likeness (QED) is 0.172. The number of hydrogen-bond acceptors (Lipinski definition) is 2. The Morgan fingerprint density at radius 3 is 2.71 bits per heavy atom. The van der Waals surface area contributed by atoms with Crippen molar-refractivity contribution in [2.75, 3.05) is 0 Å². The molecule has 3 N–H and O–H groups in total. The highest BCUT2D eigenvalue weighted by Gasteiger charge is 1.81. The molecule has 0 aromatic heterocycles. The van der Waals surface area contributed by atoms with Gasteiger partial charge in [0.25, 0.3) is 0 Å². The number of hydrogen-bond donors (Lipinski definition) is 2. The highest BCUT2D eigenvalue weighted by atomic mass is 16.4. The summed E-state index contributed by atoms with van der Waals surface area (Å²) in [5, 5.41) is 10.6. The van der Waals surface area contributed by atoms with Crippen molar-refractivity contribution in [2.24, 2.45) is 10.9 Å². The second-order valence-corrected chi connectivity index (χ2v) is 1.08. The van der Waals surface area contributed by atoms with E-state index in [2.05, 4.69) is 11.7 Å². The van der Waals surface area contributed by atoms with E-state index in [9.17, 15) is 0 Å². The van der Waals surface area contributed by atoms with Crippen LogP contribution in [0.15, 0.2) is 17.8 Å². The molecule has 0 saturated heterocycles. The Hall–Kier alpha value is -0.990. The summed E-state index contributed by atoms with van der Waals surface area (Å²) in [4.78, 5) is 0. The number of rotatable bonds is 2. The third-order valence-corrected chi connectivity index (χ3v) is 0.482. The van der Waals surface area contributed by atoms with Crippen LogP contribution in [-0.2, 0) is 0 Å². The number of nitrogens with zero attached hydrogens (tertiary/aromatic N) is 1. The molecule has 40 valence electrons. The molecule has 0 fully saturated rings. The first kappa shape index (κ1) is 6.01. The molecule has 0 unspecified atom stereocenters. The van der Waals surface area contributed by atoms with Crippen LogP contribution in [0.3, 0.4) is 0 Å². The van der Waals surface area contributed by atoms with Crippen LogP contribution in [0.25, 0.3) is 0 Å². The molecule has 0 aliphatic rings. The third kappa shape index (κ3) is 2.82. The monoisotopic (exact) mass is 100 g/mol. The minimum atomic E-state index is 0.190. The van der Waals surface area contributed by atoms with Gasteiger partial charge in [0.1, 0.15) is 5.84 Å². The van der Waals surface area contributed by atoms with Crippen LogP contribution in [0.1, 0.15) is 6.42 Å². The van der Waals surface area contributed by atoms with E-state index in [4.69, 9.17) is 10.9 Å². The molecule has 0 heterocycles. The molecule has 0 spiro atoms. The molecule has 7 heavy (non-hydrogen) atoms. The SMILES string of the molecule is C=CCC(N)=NO. The molecule has 0 aromatic rings.